The first kappa shape index (κ1) is 40.1. The number of nitrogens with one attached hydrogen (secondary N) is 2. The number of fused-ring (bicyclic) bond motifs is 1. The number of aliphatic hydroxyl groups is 2. The standard InChI is InChI=1S/C21H34N7O16P3S/c1-21(2,16(31)19(32)24-4-3-12(29)23-5-6-48)8-41-47(38,39)44-46(36,37)40-7-11-15(43-45(33,34)35)14(30)20(42-11)28-10-27-13-17(22)25-9-26-18(13)28/h5-6,9-11,14-16,20,30-31,48H,3-4,7-8H2,1-2H3,(H,23,29)(H,24,32)(H,36,37)(H,38,39)(H2,22,25,26)(H2,33,34,35)/b6-5+/t11-,14-,15-,16+,20-/m1/s1. The number of carbonyl (C=O) groups is 2. The molecule has 2 unspecified atom stereocenters. The van der Waals surface area contributed by atoms with Gasteiger partial charge in [0.1, 0.15) is 36.3 Å². The fourth-order valence-electron chi connectivity index (χ4n) is 4.05. The normalized spacial score (nSPS) is 23.5. The summed E-state index contributed by atoms with van der Waals surface area (Å²) in [5.74, 6) is -1.46. The minimum Gasteiger partial charge on any atom is -0.386 e. The van der Waals surface area contributed by atoms with Crippen LogP contribution in [0.3, 0.4) is 0 Å². The second-order valence-electron chi connectivity index (χ2n) is 10.6. The highest BCUT2D eigenvalue weighted by molar-refractivity contribution is 7.83. The van der Waals surface area contributed by atoms with Crippen LogP contribution in [0.5, 0.6) is 0 Å². The molecule has 2 aromatic heterocycles. The van der Waals surface area contributed by atoms with Crippen molar-refractivity contribution in [2.45, 2.75) is 50.9 Å². The molecule has 0 aromatic carbocycles. The maximum atomic E-state index is 12.6. The topological polar surface area (TPSA) is 347 Å². The molecule has 0 spiro atoms. The molecule has 0 saturated carbocycles. The fourth-order valence-corrected chi connectivity index (χ4v) is 6.96. The lowest BCUT2D eigenvalue weighted by Crippen LogP contribution is -2.46. The van der Waals surface area contributed by atoms with E-state index in [9.17, 15) is 53.1 Å². The van der Waals surface area contributed by atoms with Crippen LogP contribution >= 0.6 is 36.1 Å². The van der Waals surface area contributed by atoms with Crippen molar-refractivity contribution in [3.05, 3.63) is 24.3 Å². The summed E-state index contributed by atoms with van der Waals surface area (Å²) in [4.78, 5) is 74.5. The Balaban J connectivity index is 1.61. The molecular weight excluding hydrogens is 731 g/mol. The number of imidazole rings is 1. The molecule has 10 N–H and O–H groups in total. The summed E-state index contributed by atoms with van der Waals surface area (Å²) in [6.45, 7) is 0.341. The molecule has 27 heteroatoms. The Morgan fingerprint density at radius 3 is 2.48 bits per heavy atom. The monoisotopic (exact) mass is 765 g/mol. The number of phosphoric acid groups is 3. The number of hydrogen-bond acceptors (Lipinski definition) is 17. The Labute approximate surface area is 276 Å². The maximum Gasteiger partial charge on any atom is 0.481 e. The number of phosphoric ester groups is 3. The molecule has 1 aliphatic heterocycles. The zero-order valence-electron chi connectivity index (χ0n) is 24.9. The fraction of sp³-hybridized carbons (Fsp3) is 0.571. The van der Waals surface area contributed by atoms with Gasteiger partial charge < -0.3 is 50.9 Å². The van der Waals surface area contributed by atoms with E-state index in [4.69, 9.17) is 19.5 Å². The van der Waals surface area contributed by atoms with Crippen LogP contribution in [0.4, 0.5) is 5.82 Å². The average molecular weight is 766 g/mol. The van der Waals surface area contributed by atoms with Crippen LogP contribution in [0.15, 0.2) is 24.3 Å². The molecular formula is C21H34N7O16P3S. The number of aliphatic hydroxyl groups excluding tert-OH is 2. The number of nitrogens with two attached hydrogens (primary N) is 1. The zero-order valence-corrected chi connectivity index (χ0v) is 28.5. The molecule has 270 valence electrons. The lowest BCUT2D eigenvalue weighted by Gasteiger charge is -2.30. The van der Waals surface area contributed by atoms with Gasteiger partial charge in [-0.3, -0.25) is 27.7 Å². The molecule has 0 aliphatic carbocycles. The van der Waals surface area contributed by atoms with Crippen LogP contribution in [0.2, 0.25) is 0 Å². The van der Waals surface area contributed by atoms with Crippen LogP contribution in [-0.4, -0.2) is 105 Å². The largest absolute Gasteiger partial charge is 0.481 e. The maximum absolute atomic E-state index is 12.6. The third-order valence-electron chi connectivity index (χ3n) is 6.40. The van der Waals surface area contributed by atoms with Crippen molar-refractivity contribution in [2.24, 2.45) is 5.41 Å². The van der Waals surface area contributed by atoms with Gasteiger partial charge in [0.2, 0.25) is 11.8 Å². The number of anilines is 1. The minimum absolute atomic E-state index is 0.0353. The Kier molecular flexibility index (Phi) is 13.4. The van der Waals surface area contributed by atoms with Gasteiger partial charge in [0.15, 0.2) is 17.7 Å². The summed E-state index contributed by atoms with van der Waals surface area (Å²) in [6.07, 6.45) is -5.56. The number of nitrogen functional groups attached to an aromatic ring is 1. The van der Waals surface area contributed by atoms with Crippen LogP contribution in [-0.2, 0) is 45.9 Å². The first-order valence-corrected chi connectivity index (χ1v) is 18.4. The predicted molar refractivity (Wildman–Crippen MR) is 163 cm³/mol. The minimum atomic E-state index is -5.54. The Hall–Kier alpha value is -2.37. The highest BCUT2D eigenvalue weighted by atomic mass is 32.1. The van der Waals surface area contributed by atoms with E-state index in [2.05, 4.69) is 47.0 Å². The number of ether oxygens (including phenoxy) is 1. The van der Waals surface area contributed by atoms with E-state index < -0.39 is 84.6 Å². The Morgan fingerprint density at radius 2 is 1.83 bits per heavy atom. The first-order chi connectivity index (χ1) is 22.2. The van der Waals surface area contributed by atoms with Crippen molar-refractivity contribution in [1.29, 1.82) is 0 Å². The van der Waals surface area contributed by atoms with E-state index in [1.807, 2.05) is 0 Å². The van der Waals surface area contributed by atoms with E-state index in [1.165, 1.54) is 25.5 Å². The molecule has 1 aliphatic rings. The summed E-state index contributed by atoms with van der Waals surface area (Å²) in [7, 11) is -16.3. The summed E-state index contributed by atoms with van der Waals surface area (Å²) >= 11 is 3.77. The molecule has 7 atom stereocenters. The van der Waals surface area contributed by atoms with Crippen LogP contribution in [0.1, 0.15) is 26.5 Å². The zero-order chi connectivity index (χ0) is 36.1. The first-order valence-electron chi connectivity index (χ1n) is 13.4. The van der Waals surface area contributed by atoms with Crippen LogP contribution in [0.25, 0.3) is 11.2 Å². The Bertz CT molecular complexity index is 1640. The number of aromatic nitrogens is 4. The summed E-state index contributed by atoms with van der Waals surface area (Å²) in [5, 5.41) is 27.1. The van der Waals surface area contributed by atoms with Crippen LogP contribution in [0, 0.1) is 5.41 Å². The van der Waals surface area contributed by atoms with E-state index in [1.54, 1.807) is 0 Å². The van der Waals surface area contributed by atoms with Gasteiger partial charge in [0.25, 0.3) is 0 Å². The molecule has 48 heavy (non-hydrogen) atoms. The predicted octanol–water partition coefficient (Wildman–Crippen LogP) is -1.19. The lowest BCUT2D eigenvalue weighted by atomic mass is 9.87. The van der Waals surface area contributed by atoms with Crippen LogP contribution < -0.4 is 16.4 Å². The second-order valence-corrected chi connectivity index (χ2v) is 15.1. The quantitative estimate of drug-likeness (QED) is 0.0668. The molecule has 1 fully saturated rings. The summed E-state index contributed by atoms with van der Waals surface area (Å²) in [6, 6.07) is 0. The van der Waals surface area contributed by atoms with E-state index in [-0.39, 0.29) is 29.9 Å². The third-order valence-corrected chi connectivity index (χ3v) is 9.65. The van der Waals surface area contributed by atoms with Crippen molar-refractivity contribution in [3.8, 4) is 0 Å². The molecule has 0 bridgehead atoms. The summed E-state index contributed by atoms with van der Waals surface area (Å²) in [5.41, 5.74) is 4.28. The highest BCUT2D eigenvalue weighted by Crippen LogP contribution is 2.61. The smallest absolute Gasteiger partial charge is 0.386 e. The number of carbonyl (C=O) groups excluding carboxylic acids is 2. The molecule has 1 saturated heterocycles. The van der Waals surface area contributed by atoms with Crippen molar-refractivity contribution < 1.29 is 75.7 Å². The van der Waals surface area contributed by atoms with Gasteiger partial charge in [0.05, 0.1) is 19.5 Å². The SMILES string of the molecule is CC(C)(COP(=O)(O)OP(=O)(O)OC[C@H]1O[C@@H](n2cnc3c(N)ncnc32)[C@H](O)[C@@H]1OP(=O)(O)O)[C@@H](O)C(=O)NCCC(=O)N/C=C/S. The lowest BCUT2D eigenvalue weighted by molar-refractivity contribution is -0.137. The molecule has 0 radical (unpaired) electrons. The van der Waals surface area contributed by atoms with Gasteiger partial charge >= 0.3 is 23.5 Å². The van der Waals surface area contributed by atoms with Crippen molar-refractivity contribution in [2.75, 3.05) is 25.5 Å². The third kappa shape index (κ3) is 11.1. The number of thiol groups is 1. The van der Waals surface area contributed by atoms with Gasteiger partial charge in [0, 0.05) is 24.6 Å². The van der Waals surface area contributed by atoms with Crippen molar-refractivity contribution >= 4 is 64.9 Å². The number of hydrogen-bond donors (Lipinski definition) is 10. The molecule has 3 heterocycles. The second kappa shape index (κ2) is 16.1. The van der Waals surface area contributed by atoms with E-state index in [0.29, 0.717) is 0 Å². The number of rotatable bonds is 17. The van der Waals surface area contributed by atoms with Crippen molar-refractivity contribution in [3.63, 3.8) is 0 Å². The van der Waals surface area contributed by atoms with Crippen molar-refractivity contribution in [1.82, 2.24) is 30.2 Å². The van der Waals surface area contributed by atoms with Gasteiger partial charge in [-0.25, -0.2) is 28.6 Å². The Morgan fingerprint density at radius 1 is 1.17 bits per heavy atom. The molecule has 3 rings (SSSR count). The molecule has 23 nitrogen and oxygen atoms in total. The van der Waals surface area contributed by atoms with E-state index >= 15 is 0 Å². The average Bonchev–Trinajstić information content (AvgIpc) is 3.54. The number of amides is 2. The molecule has 2 aromatic rings. The van der Waals surface area contributed by atoms with Gasteiger partial charge in [-0.2, -0.15) is 4.31 Å². The highest BCUT2D eigenvalue weighted by Gasteiger charge is 2.50. The van der Waals surface area contributed by atoms with Gasteiger partial charge in [-0.05, 0) is 5.41 Å². The van der Waals surface area contributed by atoms with Gasteiger partial charge in [-0.1, -0.05) is 13.8 Å². The van der Waals surface area contributed by atoms with E-state index in [0.717, 1.165) is 17.2 Å². The molecule has 2 amide bonds. The number of nitrogens with zero attached hydrogens (tertiary/aromatic N) is 4. The van der Waals surface area contributed by atoms with Gasteiger partial charge in [-0.15, -0.1) is 12.6 Å². The summed E-state index contributed by atoms with van der Waals surface area (Å²) < 4.78 is 61.7.